The van der Waals surface area contributed by atoms with Gasteiger partial charge in [-0.05, 0) is 19.1 Å². The molecule has 0 unspecified atom stereocenters. The molecule has 0 radical (unpaired) electrons. The lowest BCUT2D eigenvalue weighted by atomic mass is 10.2. The highest BCUT2D eigenvalue weighted by Crippen LogP contribution is 2.15. The topological polar surface area (TPSA) is 54.0 Å². The molecule has 0 bridgehead atoms. The number of rotatable bonds is 2. The molecule has 5 heteroatoms. The van der Waals surface area contributed by atoms with Gasteiger partial charge in [-0.2, -0.15) is 4.31 Å². The largest absolute Gasteiger partial charge is 0.344 e. The van der Waals surface area contributed by atoms with E-state index in [-0.39, 0.29) is 0 Å². The van der Waals surface area contributed by atoms with Crippen molar-refractivity contribution < 1.29 is 13.7 Å². The zero-order valence-electron chi connectivity index (χ0n) is 9.39. The SMILES string of the molecule is Cc1ccc(S(=O)(=O)N2CC[NH2+]CC2)cc1. The Hall–Kier alpha value is -0.910. The number of aryl methyl sites for hydroxylation is 1. The summed E-state index contributed by atoms with van der Waals surface area (Å²) in [4.78, 5) is 0.403. The van der Waals surface area contributed by atoms with Crippen LogP contribution in [0.1, 0.15) is 5.56 Å². The smallest absolute Gasteiger partial charge is 0.243 e. The van der Waals surface area contributed by atoms with Gasteiger partial charge < -0.3 is 5.32 Å². The zero-order valence-corrected chi connectivity index (χ0v) is 10.2. The minimum Gasteiger partial charge on any atom is -0.344 e. The molecule has 1 aliphatic rings. The van der Waals surface area contributed by atoms with Crippen LogP contribution in [0.3, 0.4) is 0 Å². The van der Waals surface area contributed by atoms with E-state index in [1.807, 2.05) is 19.1 Å². The molecule has 4 nitrogen and oxygen atoms in total. The van der Waals surface area contributed by atoms with Crippen molar-refractivity contribution in [1.82, 2.24) is 4.31 Å². The monoisotopic (exact) mass is 241 g/mol. The Morgan fingerprint density at radius 2 is 1.69 bits per heavy atom. The second kappa shape index (κ2) is 4.53. The van der Waals surface area contributed by atoms with Crippen molar-refractivity contribution in [1.29, 1.82) is 0 Å². The van der Waals surface area contributed by atoms with Crippen molar-refractivity contribution in [2.24, 2.45) is 0 Å². The van der Waals surface area contributed by atoms with Crippen LogP contribution in [0.4, 0.5) is 0 Å². The molecule has 0 aliphatic carbocycles. The highest BCUT2D eigenvalue weighted by atomic mass is 32.2. The summed E-state index contributed by atoms with van der Waals surface area (Å²) in [6, 6.07) is 7.04. The average Bonchev–Trinajstić information content (AvgIpc) is 2.31. The quantitative estimate of drug-likeness (QED) is 0.763. The van der Waals surface area contributed by atoms with E-state index in [0.717, 1.165) is 18.7 Å². The van der Waals surface area contributed by atoms with Crippen LogP contribution in [-0.2, 0) is 10.0 Å². The highest BCUT2D eigenvalue weighted by molar-refractivity contribution is 7.89. The van der Waals surface area contributed by atoms with E-state index < -0.39 is 10.0 Å². The summed E-state index contributed by atoms with van der Waals surface area (Å²) in [5.74, 6) is 0. The van der Waals surface area contributed by atoms with Gasteiger partial charge in [0.25, 0.3) is 0 Å². The molecule has 2 N–H and O–H groups in total. The van der Waals surface area contributed by atoms with Crippen LogP contribution in [0.15, 0.2) is 29.2 Å². The second-order valence-corrected chi connectivity index (χ2v) is 6.02. The maximum absolute atomic E-state index is 12.2. The summed E-state index contributed by atoms with van der Waals surface area (Å²) in [5.41, 5.74) is 1.07. The number of hydrogen-bond donors (Lipinski definition) is 1. The van der Waals surface area contributed by atoms with E-state index in [1.54, 1.807) is 16.4 Å². The molecule has 88 valence electrons. The Morgan fingerprint density at radius 1 is 1.12 bits per heavy atom. The predicted molar refractivity (Wildman–Crippen MR) is 61.6 cm³/mol. The average molecular weight is 241 g/mol. The van der Waals surface area contributed by atoms with E-state index in [0.29, 0.717) is 18.0 Å². The molecule has 1 saturated heterocycles. The molecule has 1 aromatic rings. The van der Waals surface area contributed by atoms with Gasteiger partial charge in [0.05, 0.1) is 31.1 Å². The van der Waals surface area contributed by atoms with Gasteiger partial charge in [0.15, 0.2) is 0 Å². The zero-order chi connectivity index (χ0) is 11.6. The molecule has 0 aromatic heterocycles. The first-order chi connectivity index (χ1) is 7.60. The standard InChI is InChI=1S/C11H16N2O2S/c1-10-2-4-11(5-3-10)16(14,15)13-8-6-12-7-9-13/h2-5,12H,6-9H2,1H3/p+1. The Labute approximate surface area is 96.3 Å². The van der Waals surface area contributed by atoms with Crippen molar-refractivity contribution in [3.63, 3.8) is 0 Å². The number of hydrogen-bond acceptors (Lipinski definition) is 2. The number of benzene rings is 1. The van der Waals surface area contributed by atoms with Crippen LogP contribution in [0, 0.1) is 6.92 Å². The van der Waals surface area contributed by atoms with Gasteiger partial charge in [0, 0.05) is 0 Å². The van der Waals surface area contributed by atoms with E-state index in [1.165, 1.54) is 0 Å². The first kappa shape index (κ1) is 11.6. The first-order valence-corrected chi connectivity index (χ1v) is 6.93. The number of quaternary nitrogens is 1. The molecular formula is C11H17N2O2S+. The fourth-order valence-corrected chi connectivity index (χ4v) is 3.30. The lowest BCUT2D eigenvalue weighted by Crippen LogP contribution is -2.89. The summed E-state index contributed by atoms with van der Waals surface area (Å²) >= 11 is 0. The predicted octanol–water partition coefficient (Wildman–Crippen LogP) is -0.437. The van der Waals surface area contributed by atoms with E-state index in [2.05, 4.69) is 5.32 Å². The van der Waals surface area contributed by atoms with E-state index >= 15 is 0 Å². The molecule has 1 aromatic carbocycles. The number of piperazine rings is 1. The lowest BCUT2D eigenvalue weighted by Gasteiger charge is -2.24. The van der Waals surface area contributed by atoms with Crippen molar-refractivity contribution in [3.05, 3.63) is 29.8 Å². The van der Waals surface area contributed by atoms with Crippen LogP contribution in [-0.4, -0.2) is 38.9 Å². The maximum Gasteiger partial charge on any atom is 0.243 e. The van der Waals surface area contributed by atoms with Crippen molar-refractivity contribution >= 4 is 10.0 Å². The first-order valence-electron chi connectivity index (χ1n) is 5.49. The third kappa shape index (κ3) is 2.26. The fourth-order valence-electron chi connectivity index (χ4n) is 1.83. The van der Waals surface area contributed by atoms with Gasteiger partial charge in [-0.25, -0.2) is 8.42 Å². The summed E-state index contributed by atoms with van der Waals surface area (Å²) in [5, 5.41) is 2.14. The van der Waals surface area contributed by atoms with Crippen LogP contribution < -0.4 is 5.32 Å². The molecule has 0 amide bonds. The Balaban J connectivity index is 2.27. The Morgan fingerprint density at radius 3 is 2.25 bits per heavy atom. The van der Waals surface area contributed by atoms with E-state index in [9.17, 15) is 8.42 Å². The van der Waals surface area contributed by atoms with Crippen LogP contribution in [0.2, 0.25) is 0 Å². The Bertz CT molecular complexity index is 447. The highest BCUT2D eigenvalue weighted by Gasteiger charge is 2.26. The molecule has 0 saturated carbocycles. The van der Waals surface area contributed by atoms with E-state index in [4.69, 9.17) is 0 Å². The third-order valence-corrected chi connectivity index (χ3v) is 4.74. The minimum absolute atomic E-state index is 0.403. The van der Waals surface area contributed by atoms with Crippen LogP contribution >= 0.6 is 0 Å². The van der Waals surface area contributed by atoms with Gasteiger partial charge in [-0.15, -0.1) is 0 Å². The molecule has 2 rings (SSSR count). The summed E-state index contributed by atoms with van der Waals surface area (Å²) in [7, 11) is -3.27. The van der Waals surface area contributed by atoms with Crippen molar-refractivity contribution in [2.45, 2.75) is 11.8 Å². The molecule has 0 spiro atoms. The minimum atomic E-state index is -3.27. The molecule has 1 fully saturated rings. The number of nitrogens with two attached hydrogens (primary N) is 1. The summed E-state index contributed by atoms with van der Waals surface area (Å²) < 4.78 is 26.0. The number of sulfonamides is 1. The van der Waals surface area contributed by atoms with Crippen molar-refractivity contribution in [2.75, 3.05) is 26.2 Å². The summed E-state index contributed by atoms with van der Waals surface area (Å²) in [6.45, 7) is 4.87. The van der Waals surface area contributed by atoms with Crippen molar-refractivity contribution in [3.8, 4) is 0 Å². The maximum atomic E-state index is 12.2. The van der Waals surface area contributed by atoms with Gasteiger partial charge >= 0.3 is 0 Å². The molecular weight excluding hydrogens is 224 g/mol. The lowest BCUT2D eigenvalue weighted by molar-refractivity contribution is -0.661. The van der Waals surface area contributed by atoms with Gasteiger partial charge in [-0.3, -0.25) is 0 Å². The number of nitrogens with zero attached hydrogens (tertiary/aromatic N) is 1. The van der Waals surface area contributed by atoms with Gasteiger partial charge in [0.2, 0.25) is 10.0 Å². The van der Waals surface area contributed by atoms with Gasteiger partial charge in [-0.1, -0.05) is 17.7 Å². The molecule has 0 atom stereocenters. The molecule has 1 aliphatic heterocycles. The van der Waals surface area contributed by atoms with Crippen LogP contribution in [0.5, 0.6) is 0 Å². The normalized spacial score (nSPS) is 18.6. The fraction of sp³-hybridized carbons (Fsp3) is 0.455. The molecule has 1 heterocycles. The molecule has 16 heavy (non-hydrogen) atoms. The third-order valence-electron chi connectivity index (χ3n) is 2.82. The second-order valence-electron chi connectivity index (χ2n) is 4.08. The van der Waals surface area contributed by atoms with Crippen LogP contribution in [0.25, 0.3) is 0 Å². The van der Waals surface area contributed by atoms with Gasteiger partial charge in [0.1, 0.15) is 0 Å². The summed E-state index contributed by atoms with van der Waals surface area (Å²) in [6.07, 6.45) is 0. The Kier molecular flexibility index (Phi) is 3.28.